The summed E-state index contributed by atoms with van der Waals surface area (Å²) in [6.07, 6.45) is 3.93. The lowest BCUT2D eigenvalue weighted by Crippen LogP contribution is -2.04. The number of hydrogen-bond acceptors (Lipinski definition) is 4. The fourth-order valence-electron chi connectivity index (χ4n) is 0.385. The fraction of sp³-hybridized carbons (Fsp3) is 0.300. The minimum Gasteiger partial charge on any atom is -0.498 e. The summed E-state index contributed by atoms with van der Waals surface area (Å²) in [7, 11) is 0. The minimum absolute atomic E-state index is 0.289. The first-order valence-corrected chi connectivity index (χ1v) is 3.92. The van der Waals surface area contributed by atoms with Gasteiger partial charge in [-0.2, -0.15) is 0 Å². The van der Waals surface area contributed by atoms with Crippen molar-refractivity contribution in [3.05, 3.63) is 38.5 Å². The van der Waals surface area contributed by atoms with E-state index < -0.39 is 0 Å². The van der Waals surface area contributed by atoms with Crippen molar-refractivity contribution in [1.29, 1.82) is 0 Å². The number of carbonyl (C=O) groups excluding carboxylic acids is 1. The van der Waals surface area contributed by atoms with Gasteiger partial charge in [-0.3, -0.25) is 4.79 Å². The molecule has 0 atom stereocenters. The van der Waals surface area contributed by atoms with E-state index in [2.05, 4.69) is 33.9 Å². The third-order valence-corrected chi connectivity index (χ3v) is 0.817. The van der Waals surface area contributed by atoms with E-state index in [1.807, 2.05) is 0 Å². The lowest BCUT2D eigenvalue weighted by molar-refractivity contribution is -0.141. The van der Waals surface area contributed by atoms with Gasteiger partial charge >= 0.3 is 5.97 Å². The van der Waals surface area contributed by atoms with E-state index in [1.165, 1.54) is 25.7 Å². The molecule has 0 aliphatic rings. The molecule has 80 valence electrons. The highest BCUT2D eigenvalue weighted by Crippen LogP contribution is 1.78. The first kappa shape index (κ1) is 14.8. The Labute approximate surface area is 84.5 Å². The van der Waals surface area contributed by atoms with Gasteiger partial charge < -0.3 is 14.2 Å². The molecule has 4 heteroatoms. The average Bonchev–Trinajstić information content (AvgIpc) is 2.15. The minimum atomic E-state index is -0.289. The van der Waals surface area contributed by atoms with Crippen molar-refractivity contribution in [1.82, 2.24) is 0 Å². The fourth-order valence-corrected chi connectivity index (χ4v) is 0.385. The van der Waals surface area contributed by atoms with Crippen molar-refractivity contribution in [2.45, 2.75) is 6.92 Å². The van der Waals surface area contributed by atoms with Crippen molar-refractivity contribution in [2.75, 3.05) is 13.2 Å². The predicted molar refractivity (Wildman–Crippen MR) is 54.3 cm³/mol. The molecule has 0 rings (SSSR count). The van der Waals surface area contributed by atoms with Crippen LogP contribution >= 0.6 is 0 Å². The van der Waals surface area contributed by atoms with Gasteiger partial charge in [0.2, 0.25) is 0 Å². The highest BCUT2D eigenvalue weighted by molar-refractivity contribution is 5.65. The topological polar surface area (TPSA) is 44.8 Å². The molecule has 0 saturated heterocycles. The Hall–Kier alpha value is -1.71. The van der Waals surface area contributed by atoms with Gasteiger partial charge in [-0.25, -0.2) is 0 Å². The van der Waals surface area contributed by atoms with Crippen LogP contribution in [0.1, 0.15) is 6.92 Å². The molecule has 0 aliphatic heterocycles. The number of esters is 1. The monoisotopic (exact) mass is 200 g/mol. The van der Waals surface area contributed by atoms with E-state index in [-0.39, 0.29) is 5.97 Å². The Balaban J connectivity index is 0. The van der Waals surface area contributed by atoms with Gasteiger partial charge in [0, 0.05) is 6.92 Å². The Morgan fingerprint density at radius 1 is 1.14 bits per heavy atom. The Morgan fingerprint density at radius 3 is 2.00 bits per heavy atom. The zero-order valence-electron chi connectivity index (χ0n) is 8.40. The smallest absolute Gasteiger partial charge is 0.302 e. The first-order valence-electron chi connectivity index (χ1n) is 3.92. The van der Waals surface area contributed by atoms with Crippen molar-refractivity contribution in [3.63, 3.8) is 0 Å². The zero-order valence-corrected chi connectivity index (χ0v) is 8.40. The Kier molecular flexibility index (Phi) is 14.6. The van der Waals surface area contributed by atoms with Crippen LogP contribution in [0, 0.1) is 0 Å². The molecular weight excluding hydrogens is 184 g/mol. The molecule has 0 N–H and O–H groups in total. The molecule has 14 heavy (non-hydrogen) atoms. The van der Waals surface area contributed by atoms with Gasteiger partial charge in [0.1, 0.15) is 13.2 Å². The van der Waals surface area contributed by atoms with Crippen LogP contribution < -0.4 is 0 Å². The summed E-state index contributed by atoms with van der Waals surface area (Å²) in [5.74, 6) is -0.289. The number of ether oxygens (including phenoxy) is 3. The molecule has 0 spiro atoms. The maximum absolute atomic E-state index is 10.1. The van der Waals surface area contributed by atoms with E-state index >= 15 is 0 Å². The van der Waals surface area contributed by atoms with Crippen molar-refractivity contribution in [3.8, 4) is 0 Å². The van der Waals surface area contributed by atoms with Crippen LogP contribution in [0.25, 0.3) is 0 Å². The van der Waals surface area contributed by atoms with Gasteiger partial charge in [-0.1, -0.05) is 19.7 Å². The summed E-state index contributed by atoms with van der Waals surface area (Å²) in [6.45, 7) is 11.9. The molecule has 0 aromatic heterocycles. The third-order valence-electron chi connectivity index (χ3n) is 0.817. The molecular formula is C10H16O4. The van der Waals surface area contributed by atoms with Crippen LogP contribution in [0.3, 0.4) is 0 Å². The van der Waals surface area contributed by atoms with Crippen LogP contribution in [-0.4, -0.2) is 19.2 Å². The molecule has 4 nitrogen and oxygen atoms in total. The molecule has 0 aromatic carbocycles. The molecule has 0 aliphatic carbocycles. The van der Waals surface area contributed by atoms with Crippen LogP contribution in [-0.2, 0) is 19.0 Å². The second-order valence-electron chi connectivity index (χ2n) is 1.85. The van der Waals surface area contributed by atoms with Crippen LogP contribution in [0.4, 0.5) is 0 Å². The van der Waals surface area contributed by atoms with Crippen molar-refractivity contribution < 1.29 is 19.0 Å². The molecule has 0 radical (unpaired) electrons. The average molecular weight is 200 g/mol. The molecule has 0 aromatic rings. The molecule has 0 bridgehead atoms. The predicted octanol–water partition coefficient (Wildman–Crippen LogP) is 2.00. The lowest BCUT2D eigenvalue weighted by atomic mass is 10.7. The third kappa shape index (κ3) is 22.4. The lowest BCUT2D eigenvalue weighted by Gasteiger charge is -1.99. The molecule has 0 unspecified atom stereocenters. The van der Waals surface area contributed by atoms with E-state index in [9.17, 15) is 4.79 Å². The molecule has 0 fully saturated rings. The van der Waals surface area contributed by atoms with E-state index in [0.717, 1.165) is 0 Å². The standard InChI is InChI=1S/C6H10O3.C4H6O/c1-3-8-4-5-9-6(2)7;1-3-5-4-2/h3H,1,4-5H2,2H3;3-4H,1-2H2. The van der Waals surface area contributed by atoms with Gasteiger partial charge in [-0.05, 0) is 0 Å². The molecule has 0 saturated carbocycles. The Morgan fingerprint density at radius 2 is 1.71 bits per heavy atom. The zero-order chi connectivity index (χ0) is 11.2. The largest absolute Gasteiger partial charge is 0.498 e. The van der Waals surface area contributed by atoms with Gasteiger partial charge in [0.15, 0.2) is 0 Å². The highest BCUT2D eigenvalue weighted by atomic mass is 16.6. The quantitative estimate of drug-likeness (QED) is 0.373. The van der Waals surface area contributed by atoms with E-state index in [1.54, 1.807) is 0 Å². The van der Waals surface area contributed by atoms with Crippen LogP contribution in [0.2, 0.25) is 0 Å². The Bertz CT molecular complexity index is 169. The molecule has 0 heterocycles. The van der Waals surface area contributed by atoms with Crippen molar-refractivity contribution in [2.24, 2.45) is 0 Å². The normalized spacial score (nSPS) is 7.21. The van der Waals surface area contributed by atoms with Crippen LogP contribution in [0.15, 0.2) is 38.5 Å². The van der Waals surface area contributed by atoms with E-state index in [0.29, 0.717) is 13.2 Å². The summed E-state index contributed by atoms with van der Waals surface area (Å²) in [5, 5.41) is 0. The SMILES string of the molecule is C=COC=C.C=COCCOC(C)=O. The van der Waals surface area contributed by atoms with Gasteiger partial charge in [-0.15, -0.1) is 0 Å². The van der Waals surface area contributed by atoms with Crippen molar-refractivity contribution >= 4 is 5.97 Å². The van der Waals surface area contributed by atoms with E-state index in [4.69, 9.17) is 0 Å². The molecule has 0 amide bonds. The maximum atomic E-state index is 10.1. The second-order valence-corrected chi connectivity index (χ2v) is 1.85. The summed E-state index contributed by atoms with van der Waals surface area (Å²) in [6, 6.07) is 0. The van der Waals surface area contributed by atoms with Gasteiger partial charge in [0.05, 0.1) is 18.8 Å². The second kappa shape index (κ2) is 13.9. The maximum Gasteiger partial charge on any atom is 0.302 e. The summed E-state index contributed by atoms with van der Waals surface area (Å²) in [4.78, 5) is 10.1. The summed E-state index contributed by atoms with van der Waals surface area (Å²) >= 11 is 0. The number of hydrogen-bond donors (Lipinski definition) is 0. The summed E-state index contributed by atoms with van der Waals surface area (Å²) < 4.78 is 13.6. The number of carbonyl (C=O) groups is 1. The highest BCUT2D eigenvalue weighted by Gasteiger charge is 1.89. The van der Waals surface area contributed by atoms with Gasteiger partial charge in [0.25, 0.3) is 0 Å². The van der Waals surface area contributed by atoms with Crippen LogP contribution in [0.5, 0.6) is 0 Å². The summed E-state index contributed by atoms with van der Waals surface area (Å²) in [5.41, 5.74) is 0. The number of rotatable bonds is 6. The first-order chi connectivity index (χ1) is 6.68.